The van der Waals surface area contributed by atoms with Crippen LogP contribution in [0.15, 0.2) is 63.8 Å². The first-order valence-electron chi connectivity index (χ1n) is 6.97. The molecule has 3 aromatic rings. The summed E-state index contributed by atoms with van der Waals surface area (Å²) in [6.45, 7) is 1.38. The van der Waals surface area contributed by atoms with Crippen molar-refractivity contribution in [3.63, 3.8) is 0 Å². The standard InChI is InChI=1S/C19H14O3/c1-13(20)18-16(12-11-14-7-3-2-4-8-14)15-9-5-6-10-17(15)22-19(18)21/h2-12H,1H3/b12-11+. The number of rotatable bonds is 3. The summed E-state index contributed by atoms with van der Waals surface area (Å²) in [4.78, 5) is 23.9. The zero-order chi connectivity index (χ0) is 15.5. The minimum absolute atomic E-state index is 0.0888. The first-order chi connectivity index (χ1) is 10.7. The van der Waals surface area contributed by atoms with Gasteiger partial charge in [-0.25, -0.2) is 4.79 Å². The van der Waals surface area contributed by atoms with E-state index >= 15 is 0 Å². The van der Waals surface area contributed by atoms with Crippen molar-refractivity contribution in [3.05, 3.63) is 81.7 Å². The smallest absolute Gasteiger partial charge is 0.347 e. The molecule has 2 aromatic carbocycles. The van der Waals surface area contributed by atoms with Crippen molar-refractivity contribution in [2.75, 3.05) is 0 Å². The lowest BCUT2D eigenvalue weighted by Gasteiger charge is -2.05. The number of Topliss-reactive ketones (excluding diaryl/α,β-unsaturated/α-hetero) is 1. The predicted molar refractivity (Wildman–Crippen MR) is 87.9 cm³/mol. The zero-order valence-corrected chi connectivity index (χ0v) is 12.1. The second-order valence-electron chi connectivity index (χ2n) is 4.97. The van der Waals surface area contributed by atoms with Crippen LogP contribution in [0.4, 0.5) is 0 Å². The number of carbonyl (C=O) groups is 1. The van der Waals surface area contributed by atoms with Crippen LogP contribution in [0.25, 0.3) is 23.1 Å². The lowest BCUT2D eigenvalue weighted by Crippen LogP contribution is -2.14. The maximum absolute atomic E-state index is 12.1. The molecule has 0 aliphatic rings. The molecule has 3 heteroatoms. The molecule has 3 nitrogen and oxygen atoms in total. The van der Waals surface area contributed by atoms with E-state index in [2.05, 4.69) is 0 Å². The van der Waals surface area contributed by atoms with E-state index in [1.807, 2.05) is 48.5 Å². The molecule has 22 heavy (non-hydrogen) atoms. The van der Waals surface area contributed by atoms with Crippen LogP contribution in [0.2, 0.25) is 0 Å². The fourth-order valence-electron chi connectivity index (χ4n) is 2.42. The van der Waals surface area contributed by atoms with Gasteiger partial charge in [-0.05, 0) is 18.6 Å². The molecule has 0 bridgehead atoms. The van der Waals surface area contributed by atoms with Crippen molar-refractivity contribution in [2.24, 2.45) is 0 Å². The van der Waals surface area contributed by atoms with Gasteiger partial charge in [-0.3, -0.25) is 4.79 Å². The highest BCUT2D eigenvalue weighted by Crippen LogP contribution is 2.22. The van der Waals surface area contributed by atoms with Crippen molar-refractivity contribution in [1.82, 2.24) is 0 Å². The summed E-state index contributed by atoms with van der Waals surface area (Å²) in [5.41, 5.74) is 1.56. The van der Waals surface area contributed by atoms with E-state index in [1.54, 1.807) is 18.2 Å². The SMILES string of the molecule is CC(=O)c1c(/C=C/c2ccccc2)c2ccccc2oc1=O. The lowest BCUT2D eigenvalue weighted by atomic mass is 10.0. The highest BCUT2D eigenvalue weighted by molar-refractivity contribution is 6.04. The van der Waals surface area contributed by atoms with Gasteiger partial charge < -0.3 is 4.42 Å². The molecule has 1 heterocycles. The molecule has 0 N–H and O–H groups in total. The first kappa shape index (κ1) is 14.0. The lowest BCUT2D eigenvalue weighted by molar-refractivity contribution is 0.101. The van der Waals surface area contributed by atoms with Gasteiger partial charge in [0, 0.05) is 10.9 Å². The van der Waals surface area contributed by atoms with Crippen LogP contribution in [0.5, 0.6) is 0 Å². The molecule has 0 radical (unpaired) electrons. The molecule has 0 aliphatic heterocycles. The predicted octanol–water partition coefficient (Wildman–Crippen LogP) is 4.17. The van der Waals surface area contributed by atoms with Gasteiger partial charge >= 0.3 is 5.63 Å². The highest BCUT2D eigenvalue weighted by atomic mass is 16.4. The molecule has 0 fully saturated rings. The van der Waals surface area contributed by atoms with Crippen LogP contribution in [0.3, 0.4) is 0 Å². The van der Waals surface area contributed by atoms with Crippen molar-refractivity contribution in [1.29, 1.82) is 0 Å². The molecule has 3 rings (SSSR count). The van der Waals surface area contributed by atoms with E-state index in [0.29, 0.717) is 11.1 Å². The third-order valence-electron chi connectivity index (χ3n) is 3.45. The number of hydrogen-bond donors (Lipinski definition) is 0. The van der Waals surface area contributed by atoms with Gasteiger partial charge in [-0.15, -0.1) is 0 Å². The molecule has 1 aromatic heterocycles. The third-order valence-corrected chi connectivity index (χ3v) is 3.45. The number of para-hydroxylation sites is 1. The van der Waals surface area contributed by atoms with Crippen LogP contribution in [-0.2, 0) is 0 Å². The summed E-state index contributed by atoms with van der Waals surface area (Å²) in [6, 6.07) is 16.9. The Morgan fingerprint density at radius 3 is 2.36 bits per heavy atom. The molecular weight excluding hydrogens is 276 g/mol. The Kier molecular flexibility index (Phi) is 3.71. The molecular formula is C19H14O3. The molecule has 0 amide bonds. The number of ketones is 1. The Labute approximate surface area is 127 Å². The minimum Gasteiger partial charge on any atom is -0.422 e. The minimum atomic E-state index is -0.598. The van der Waals surface area contributed by atoms with Crippen LogP contribution in [-0.4, -0.2) is 5.78 Å². The van der Waals surface area contributed by atoms with Gasteiger partial charge in [0.25, 0.3) is 0 Å². The molecule has 0 spiro atoms. The normalized spacial score (nSPS) is 11.1. The van der Waals surface area contributed by atoms with E-state index < -0.39 is 5.63 Å². The van der Waals surface area contributed by atoms with Gasteiger partial charge in [0.15, 0.2) is 5.78 Å². The molecule has 0 unspecified atom stereocenters. The molecule has 0 saturated heterocycles. The maximum atomic E-state index is 12.1. The van der Waals surface area contributed by atoms with Crippen LogP contribution in [0.1, 0.15) is 28.4 Å². The van der Waals surface area contributed by atoms with Crippen molar-refractivity contribution >= 4 is 28.9 Å². The average molecular weight is 290 g/mol. The molecule has 0 atom stereocenters. The van der Waals surface area contributed by atoms with Crippen LogP contribution in [0, 0.1) is 0 Å². The fourth-order valence-corrected chi connectivity index (χ4v) is 2.42. The summed E-state index contributed by atoms with van der Waals surface area (Å²) in [7, 11) is 0. The fraction of sp³-hybridized carbons (Fsp3) is 0.0526. The van der Waals surface area contributed by atoms with Crippen molar-refractivity contribution < 1.29 is 9.21 Å². The first-order valence-corrected chi connectivity index (χ1v) is 6.97. The molecule has 0 aliphatic carbocycles. The van der Waals surface area contributed by atoms with E-state index in [-0.39, 0.29) is 11.3 Å². The quantitative estimate of drug-likeness (QED) is 0.537. The van der Waals surface area contributed by atoms with Crippen LogP contribution >= 0.6 is 0 Å². The Bertz CT molecular complexity index is 918. The zero-order valence-electron chi connectivity index (χ0n) is 12.1. The Hall–Kier alpha value is -2.94. The van der Waals surface area contributed by atoms with E-state index in [0.717, 1.165) is 10.9 Å². The second kappa shape index (κ2) is 5.82. The maximum Gasteiger partial charge on any atom is 0.347 e. The Balaban J connectivity index is 2.26. The molecule has 0 saturated carbocycles. The Morgan fingerprint density at radius 2 is 1.64 bits per heavy atom. The monoisotopic (exact) mass is 290 g/mol. The summed E-state index contributed by atoms with van der Waals surface area (Å²) < 4.78 is 5.24. The third kappa shape index (κ3) is 2.61. The van der Waals surface area contributed by atoms with Gasteiger partial charge in [0.05, 0.1) is 0 Å². The van der Waals surface area contributed by atoms with Crippen molar-refractivity contribution in [2.45, 2.75) is 6.92 Å². The largest absolute Gasteiger partial charge is 0.422 e. The summed E-state index contributed by atoms with van der Waals surface area (Å²) in [6.07, 6.45) is 3.68. The highest BCUT2D eigenvalue weighted by Gasteiger charge is 2.15. The number of carbonyl (C=O) groups excluding carboxylic acids is 1. The summed E-state index contributed by atoms with van der Waals surface area (Å²) in [5, 5.41) is 0.750. The summed E-state index contributed by atoms with van der Waals surface area (Å²) >= 11 is 0. The number of fused-ring (bicyclic) bond motifs is 1. The van der Waals surface area contributed by atoms with Gasteiger partial charge in [0.2, 0.25) is 0 Å². The van der Waals surface area contributed by atoms with Gasteiger partial charge in [-0.2, -0.15) is 0 Å². The number of benzene rings is 2. The Morgan fingerprint density at radius 1 is 0.955 bits per heavy atom. The topological polar surface area (TPSA) is 47.3 Å². The van der Waals surface area contributed by atoms with Crippen LogP contribution < -0.4 is 5.63 Å². The van der Waals surface area contributed by atoms with Crippen molar-refractivity contribution in [3.8, 4) is 0 Å². The van der Waals surface area contributed by atoms with E-state index in [9.17, 15) is 9.59 Å². The van der Waals surface area contributed by atoms with E-state index in [1.165, 1.54) is 6.92 Å². The molecule has 108 valence electrons. The average Bonchev–Trinajstić information content (AvgIpc) is 2.52. The van der Waals surface area contributed by atoms with E-state index in [4.69, 9.17) is 4.42 Å². The van der Waals surface area contributed by atoms with Gasteiger partial charge in [0.1, 0.15) is 11.1 Å². The summed E-state index contributed by atoms with van der Waals surface area (Å²) in [5.74, 6) is -0.299. The second-order valence-corrected chi connectivity index (χ2v) is 4.97. The number of hydrogen-bond acceptors (Lipinski definition) is 3. The van der Waals surface area contributed by atoms with Gasteiger partial charge in [-0.1, -0.05) is 60.7 Å².